The van der Waals surface area contributed by atoms with Crippen LogP contribution in [0.5, 0.6) is 0 Å². The van der Waals surface area contributed by atoms with Crippen LogP contribution >= 0.6 is 0 Å². The Hall–Kier alpha value is -3.12. The predicted molar refractivity (Wildman–Crippen MR) is 255 cm³/mol. The van der Waals surface area contributed by atoms with E-state index in [1.54, 1.807) is 24.3 Å². The molecule has 10 nitrogen and oxygen atoms in total. The van der Waals surface area contributed by atoms with Crippen LogP contribution in [0, 0.1) is 62.1 Å². The summed E-state index contributed by atoms with van der Waals surface area (Å²) < 4.78 is 38.8. The van der Waals surface area contributed by atoms with Gasteiger partial charge in [-0.15, -0.1) is 0 Å². The van der Waals surface area contributed by atoms with Gasteiger partial charge in [-0.05, 0) is 140 Å². The number of carbonyl (C=O) groups is 2. The van der Waals surface area contributed by atoms with Crippen molar-refractivity contribution in [2.75, 3.05) is 6.61 Å². The minimum absolute atomic E-state index is 0.00396. The molecule has 9 rings (SSSR count). The number of aliphatic hydroxyl groups is 2. The molecular weight excluding hydrogens is 845 g/mol. The van der Waals surface area contributed by atoms with Crippen molar-refractivity contribution in [2.24, 2.45) is 62.1 Å². The largest absolute Gasteiger partial charge is 0.460 e. The molecule has 10 heteroatoms. The van der Waals surface area contributed by atoms with Gasteiger partial charge in [-0.25, -0.2) is 4.79 Å². The number of hydrogen-bond acceptors (Lipinski definition) is 10. The second-order valence-electron chi connectivity index (χ2n) is 24.4. The van der Waals surface area contributed by atoms with Gasteiger partial charge < -0.3 is 38.6 Å². The maximum absolute atomic E-state index is 14.5. The van der Waals surface area contributed by atoms with Crippen LogP contribution in [-0.2, 0) is 39.8 Å². The molecule has 0 spiro atoms. The first-order chi connectivity index (χ1) is 31.6. The molecule has 2 saturated heterocycles. The van der Waals surface area contributed by atoms with E-state index < -0.39 is 48.4 Å². The van der Waals surface area contributed by atoms with E-state index in [1.165, 1.54) is 5.57 Å². The number of carbonyl (C=O) groups excluding carboxylic acids is 2. The lowest BCUT2D eigenvalue weighted by Gasteiger charge is -2.71. The van der Waals surface area contributed by atoms with Crippen LogP contribution in [0.15, 0.2) is 72.3 Å². The summed E-state index contributed by atoms with van der Waals surface area (Å²) in [5.41, 5.74) is 2.41. The Labute approximate surface area is 400 Å². The summed E-state index contributed by atoms with van der Waals surface area (Å²) in [5, 5.41) is 22.6. The molecule has 0 bridgehead atoms. The Balaban J connectivity index is 0.944. The predicted octanol–water partition coefficient (Wildman–Crippen LogP) is 10.6. The van der Waals surface area contributed by atoms with Gasteiger partial charge in [0, 0.05) is 5.92 Å². The molecule has 5 aliphatic carbocycles. The molecule has 2 aromatic rings. The quantitative estimate of drug-likeness (QED) is 0.142. The number of hydrogen-bond donors (Lipinski definition) is 2. The molecule has 2 aromatic carbocycles. The van der Waals surface area contributed by atoms with E-state index in [-0.39, 0.29) is 69.6 Å². The summed E-state index contributed by atoms with van der Waals surface area (Å²) in [6.07, 6.45) is 5.50. The van der Waals surface area contributed by atoms with E-state index in [0.717, 1.165) is 69.8 Å². The first-order valence-electron chi connectivity index (χ1n) is 25.8. The van der Waals surface area contributed by atoms with Crippen molar-refractivity contribution in [2.45, 2.75) is 189 Å². The SMILES string of the molecule is CC1OC(OC2C(O[C@H]3CC[C@]4(C)[C@H]5CC=C6C7CC(C)(C)CC[C@]7(C(=O)OCc7ccccc7)CC[C@@]6(C)[C@]5(C)CC[C@H]4C3(C)C)OCC(O)C2O)C(OC(=O)c2ccccc2)C(C)C1C. The van der Waals surface area contributed by atoms with Crippen molar-refractivity contribution in [3.63, 3.8) is 0 Å². The number of esters is 2. The van der Waals surface area contributed by atoms with Crippen molar-refractivity contribution in [1.82, 2.24) is 0 Å². The first-order valence-corrected chi connectivity index (χ1v) is 25.8. The standard InChI is InChI=1S/C57H80O10/c1-34-35(2)46(66-48(60)38-19-15-12-16-20-38)50(64-36(34)3)67-47-45(59)41(58)33-62-49(47)65-44-24-25-54(8)42(53(44,6)7)23-26-56(10)43(54)22-21-39-40-31-52(4,5)27-29-57(40,30-28-55(39,56)9)51(61)63-32-37-17-13-11-14-18-37/h11-21,34-36,40-47,49-50,58-59H,22-33H2,1-10H3/t34?,35?,36?,40?,41?,42-,43+,44-,45?,46?,47?,49?,50?,54-,55+,56+,57-/m0/s1. The van der Waals surface area contributed by atoms with E-state index in [4.69, 9.17) is 28.4 Å². The molecule has 0 aromatic heterocycles. The van der Waals surface area contributed by atoms with Crippen LogP contribution in [0.1, 0.15) is 149 Å². The Morgan fingerprint density at radius 2 is 1.43 bits per heavy atom. The highest BCUT2D eigenvalue weighted by atomic mass is 16.8. The normalized spacial score (nSPS) is 44.4. The fourth-order valence-corrected chi connectivity index (χ4v) is 15.5. The number of ether oxygens (including phenoxy) is 6. The second kappa shape index (κ2) is 17.9. The Bertz CT molecular complexity index is 2140. The van der Waals surface area contributed by atoms with E-state index in [2.05, 4.69) is 61.5 Å². The van der Waals surface area contributed by atoms with Gasteiger partial charge in [0.2, 0.25) is 0 Å². The van der Waals surface area contributed by atoms with Crippen molar-refractivity contribution in [3.8, 4) is 0 Å². The molecule has 17 atom stereocenters. The van der Waals surface area contributed by atoms with Gasteiger partial charge in [0.15, 0.2) is 18.7 Å². The lowest BCUT2D eigenvalue weighted by molar-refractivity contribution is -0.357. The van der Waals surface area contributed by atoms with Gasteiger partial charge in [0.25, 0.3) is 0 Å². The number of aliphatic hydroxyl groups excluding tert-OH is 2. The van der Waals surface area contributed by atoms with Crippen LogP contribution in [0.2, 0.25) is 0 Å². The molecular formula is C57H80O10. The lowest BCUT2D eigenvalue weighted by atomic mass is 9.33. The summed E-state index contributed by atoms with van der Waals surface area (Å²) in [7, 11) is 0. The molecule has 368 valence electrons. The van der Waals surface area contributed by atoms with E-state index in [9.17, 15) is 19.8 Å². The highest BCUT2D eigenvalue weighted by molar-refractivity contribution is 5.89. The third-order valence-corrected chi connectivity index (χ3v) is 20.2. The molecule has 6 fully saturated rings. The fourth-order valence-electron chi connectivity index (χ4n) is 15.5. The average molecular weight is 925 g/mol. The minimum Gasteiger partial charge on any atom is -0.460 e. The van der Waals surface area contributed by atoms with Crippen LogP contribution in [0.3, 0.4) is 0 Å². The van der Waals surface area contributed by atoms with Crippen LogP contribution in [0.4, 0.5) is 0 Å². The molecule has 7 aliphatic rings. The van der Waals surface area contributed by atoms with E-state index in [1.807, 2.05) is 50.2 Å². The first kappa shape index (κ1) is 48.9. The van der Waals surface area contributed by atoms with Crippen LogP contribution < -0.4 is 0 Å². The smallest absolute Gasteiger partial charge is 0.338 e. The Morgan fingerprint density at radius 3 is 2.15 bits per heavy atom. The average Bonchev–Trinajstić information content (AvgIpc) is 3.29. The van der Waals surface area contributed by atoms with Gasteiger partial charge in [0.05, 0.1) is 29.8 Å². The third-order valence-electron chi connectivity index (χ3n) is 20.2. The zero-order valence-corrected chi connectivity index (χ0v) is 42.0. The van der Waals surface area contributed by atoms with Crippen molar-refractivity contribution in [3.05, 3.63) is 83.4 Å². The van der Waals surface area contributed by atoms with Gasteiger partial charge >= 0.3 is 11.9 Å². The van der Waals surface area contributed by atoms with Gasteiger partial charge in [-0.2, -0.15) is 0 Å². The van der Waals surface area contributed by atoms with E-state index >= 15 is 0 Å². The maximum Gasteiger partial charge on any atom is 0.338 e. The summed E-state index contributed by atoms with van der Waals surface area (Å²) in [5.74, 6) is 0.419. The summed E-state index contributed by atoms with van der Waals surface area (Å²) in [6, 6.07) is 19.0. The van der Waals surface area contributed by atoms with Crippen molar-refractivity contribution in [1.29, 1.82) is 0 Å². The summed E-state index contributed by atoms with van der Waals surface area (Å²) in [4.78, 5) is 28.0. The van der Waals surface area contributed by atoms with Crippen molar-refractivity contribution < 1.29 is 48.2 Å². The zero-order chi connectivity index (χ0) is 47.9. The molecule has 2 N–H and O–H groups in total. The number of benzene rings is 2. The number of allylic oxidation sites excluding steroid dienone is 2. The van der Waals surface area contributed by atoms with Crippen LogP contribution in [0.25, 0.3) is 0 Å². The van der Waals surface area contributed by atoms with Crippen LogP contribution in [-0.4, -0.2) is 78.0 Å². The molecule has 10 unspecified atom stereocenters. The third kappa shape index (κ3) is 8.27. The monoisotopic (exact) mass is 925 g/mol. The van der Waals surface area contributed by atoms with Gasteiger partial charge in [0.1, 0.15) is 24.9 Å². The molecule has 67 heavy (non-hydrogen) atoms. The Kier molecular flexibility index (Phi) is 13.1. The van der Waals surface area contributed by atoms with Gasteiger partial charge in [-0.1, -0.05) is 122 Å². The topological polar surface area (TPSA) is 130 Å². The minimum atomic E-state index is -1.32. The Morgan fingerprint density at radius 1 is 0.746 bits per heavy atom. The highest BCUT2D eigenvalue weighted by Gasteiger charge is 2.70. The summed E-state index contributed by atoms with van der Waals surface area (Å²) in [6.45, 7) is 23.5. The summed E-state index contributed by atoms with van der Waals surface area (Å²) >= 11 is 0. The maximum atomic E-state index is 14.5. The number of fused-ring (bicyclic) bond motifs is 7. The van der Waals surface area contributed by atoms with Crippen molar-refractivity contribution >= 4 is 11.9 Å². The number of rotatable bonds is 9. The van der Waals surface area contributed by atoms with Gasteiger partial charge in [-0.3, -0.25) is 4.79 Å². The fraction of sp³-hybridized carbons (Fsp3) is 0.719. The molecule has 0 amide bonds. The molecule has 2 heterocycles. The van der Waals surface area contributed by atoms with E-state index in [0.29, 0.717) is 24.0 Å². The second-order valence-corrected chi connectivity index (χ2v) is 24.4. The molecule has 0 radical (unpaired) electrons. The zero-order valence-electron chi connectivity index (χ0n) is 42.0. The highest BCUT2D eigenvalue weighted by Crippen LogP contribution is 2.76. The lowest BCUT2D eigenvalue weighted by Crippen LogP contribution is -2.66. The molecule has 2 aliphatic heterocycles. The molecule has 4 saturated carbocycles.